The van der Waals surface area contributed by atoms with Gasteiger partial charge in [-0.1, -0.05) is 42.5 Å². The number of likely N-dealkylation sites (N-methyl/N-ethyl adjacent to an activating group) is 1. The largest absolute Gasteiger partial charge is 0.497 e. The molecule has 5 heteroatoms. The molecule has 2 amide bonds. The van der Waals surface area contributed by atoms with Crippen LogP contribution in [0.2, 0.25) is 0 Å². The lowest BCUT2D eigenvalue weighted by Gasteiger charge is -2.43. The summed E-state index contributed by atoms with van der Waals surface area (Å²) in [5.74, 6) is 1.02. The minimum absolute atomic E-state index is 0.0738. The van der Waals surface area contributed by atoms with Gasteiger partial charge < -0.3 is 14.5 Å². The number of piperidine rings is 1. The average Bonchev–Trinajstić information content (AvgIpc) is 2.78. The van der Waals surface area contributed by atoms with Gasteiger partial charge in [0.2, 0.25) is 11.8 Å². The summed E-state index contributed by atoms with van der Waals surface area (Å²) in [7, 11) is 1.65. The molecule has 0 unspecified atom stereocenters. The Labute approximate surface area is 173 Å². The lowest BCUT2D eigenvalue weighted by atomic mass is 9.71. The molecule has 1 aliphatic rings. The summed E-state index contributed by atoms with van der Waals surface area (Å²) in [5.41, 5.74) is 1.53. The molecule has 0 aromatic heterocycles. The molecule has 0 atom stereocenters. The molecule has 0 saturated carbocycles. The normalized spacial score (nSPS) is 15.6. The van der Waals surface area contributed by atoms with E-state index < -0.39 is 5.41 Å². The standard InChI is InChI=1S/C24H30N2O3/c1-4-25(18-20-10-12-22(29-3)13-11-20)23(28)24(21-8-6-5-7-9-21)14-16-26(17-15-24)19(2)27/h5-13H,4,14-18H2,1-3H3. The third-order valence-corrected chi connectivity index (χ3v) is 6.00. The van der Waals surface area contributed by atoms with Crippen molar-refractivity contribution >= 4 is 11.8 Å². The van der Waals surface area contributed by atoms with Crippen LogP contribution in [0, 0.1) is 0 Å². The number of nitrogens with zero attached hydrogens (tertiary/aromatic N) is 2. The molecule has 154 valence electrons. The quantitative estimate of drug-likeness (QED) is 0.752. The summed E-state index contributed by atoms with van der Waals surface area (Å²) in [6.07, 6.45) is 1.29. The second-order valence-corrected chi connectivity index (χ2v) is 7.62. The van der Waals surface area contributed by atoms with Gasteiger partial charge in [-0.3, -0.25) is 9.59 Å². The molecular weight excluding hydrogens is 364 g/mol. The minimum atomic E-state index is -0.588. The maximum Gasteiger partial charge on any atom is 0.233 e. The van der Waals surface area contributed by atoms with Crippen LogP contribution < -0.4 is 4.74 Å². The first-order valence-corrected chi connectivity index (χ1v) is 10.2. The van der Waals surface area contributed by atoms with Gasteiger partial charge in [0.25, 0.3) is 0 Å². The molecule has 0 spiro atoms. The van der Waals surface area contributed by atoms with Crippen molar-refractivity contribution in [3.8, 4) is 5.75 Å². The third-order valence-electron chi connectivity index (χ3n) is 6.00. The van der Waals surface area contributed by atoms with E-state index in [0.717, 1.165) is 16.9 Å². The second kappa shape index (κ2) is 9.12. The summed E-state index contributed by atoms with van der Waals surface area (Å²) in [4.78, 5) is 29.4. The van der Waals surface area contributed by atoms with E-state index in [0.29, 0.717) is 39.0 Å². The van der Waals surface area contributed by atoms with Crippen molar-refractivity contribution in [3.05, 3.63) is 65.7 Å². The number of amides is 2. The van der Waals surface area contributed by atoms with E-state index in [1.54, 1.807) is 14.0 Å². The molecule has 0 aliphatic carbocycles. The van der Waals surface area contributed by atoms with E-state index in [9.17, 15) is 9.59 Å². The Kier molecular flexibility index (Phi) is 6.57. The Bertz CT molecular complexity index is 825. The fraction of sp³-hybridized carbons (Fsp3) is 0.417. The van der Waals surface area contributed by atoms with Crippen LogP contribution >= 0.6 is 0 Å². The zero-order valence-corrected chi connectivity index (χ0v) is 17.6. The van der Waals surface area contributed by atoms with Crippen LogP contribution in [0.5, 0.6) is 5.75 Å². The van der Waals surface area contributed by atoms with Crippen molar-refractivity contribution in [2.45, 2.75) is 38.6 Å². The Morgan fingerprint density at radius 2 is 1.66 bits per heavy atom. The Morgan fingerprint density at radius 1 is 1.03 bits per heavy atom. The number of methoxy groups -OCH3 is 1. The van der Waals surface area contributed by atoms with Crippen molar-refractivity contribution < 1.29 is 14.3 Å². The van der Waals surface area contributed by atoms with Gasteiger partial charge in [0, 0.05) is 33.1 Å². The van der Waals surface area contributed by atoms with Crippen LogP contribution in [-0.4, -0.2) is 48.4 Å². The number of carbonyl (C=O) groups is 2. The van der Waals surface area contributed by atoms with Crippen molar-refractivity contribution in [2.24, 2.45) is 0 Å². The molecular formula is C24H30N2O3. The van der Waals surface area contributed by atoms with Crippen molar-refractivity contribution in [1.82, 2.24) is 9.80 Å². The van der Waals surface area contributed by atoms with Gasteiger partial charge >= 0.3 is 0 Å². The number of carbonyl (C=O) groups excluding carboxylic acids is 2. The maximum atomic E-state index is 13.9. The lowest BCUT2D eigenvalue weighted by molar-refractivity contribution is -0.142. The predicted molar refractivity (Wildman–Crippen MR) is 114 cm³/mol. The number of hydrogen-bond acceptors (Lipinski definition) is 3. The molecule has 3 rings (SSSR count). The SMILES string of the molecule is CCN(Cc1ccc(OC)cc1)C(=O)C1(c2ccccc2)CCN(C(C)=O)CC1. The highest BCUT2D eigenvalue weighted by atomic mass is 16.5. The van der Waals surface area contributed by atoms with Crippen molar-refractivity contribution in [1.29, 1.82) is 0 Å². The van der Waals surface area contributed by atoms with Crippen molar-refractivity contribution in [3.63, 3.8) is 0 Å². The van der Waals surface area contributed by atoms with E-state index in [4.69, 9.17) is 4.74 Å². The highest BCUT2D eigenvalue weighted by Crippen LogP contribution is 2.38. The monoisotopic (exact) mass is 394 g/mol. The molecule has 1 heterocycles. The first-order chi connectivity index (χ1) is 14.0. The fourth-order valence-corrected chi connectivity index (χ4v) is 4.17. The highest BCUT2D eigenvalue weighted by Gasteiger charge is 2.45. The first-order valence-electron chi connectivity index (χ1n) is 10.2. The third kappa shape index (κ3) is 4.44. The van der Waals surface area contributed by atoms with Crippen LogP contribution in [0.4, 0.5) is 0 Å². The minimum Gasteiger partial charge on any atom is -0.497 e. The van der Waals surface area contributed by atoms with Crippen LogP contribution in [0.25, 0.3) is 0 Å². The molecule has 2 aromatic carbocycles. The highest BCUT2D eigenvalue weighted by molar-refractivity contribution is 5.89. The van der Waals surface area contributed by atoms with Gasteiger partial charge in [-0.15, -0.1) is 0 Å². The van der Waals surface area contributed by atoms with Crippen LogP contribution in [0.15, 0.2) is 54.6 Å². The Hall–Kier alpha value is -2.82. The average molecular weight is 395 g/mol. The van der Waals surface area contributed by atoms with Crippen LogP contribution in [0.3, 0.4) is 0 Å². The Morgan fingerprint density at radius 3 is 2.17 bits per heavy atom. The molecule has 0 radical (unpaired) electrons. The number of hydrogen-bond donors (Lipinski definition) is 0. The molecule has 5 nitrogen and oxygen atoms in total. The molecule has 2 aromatic rings. The zero-order chi connectivity index (χ0) is 20.9. The summed E-state index contributed by atoms with van der Waals surface area (Å²) >= 11 is 0. The van der Waals surface area contributed by atoms with Gasteiger partial charge in [0.1, 0.15) is 5.75 Å². The number of benzene rings is 2. The smallest absolute Gasteiger partial charge is 0.233 e. The van der Waals surface area contributed by atoms with E-state index in [2.05, 4.69) is 0 Å². The van der Waals surface area contributed by atoms with Crippen molar-refractivity contribution in [2.75, 3.05) is 26.7 Å². The number of rotatable bonds is 6. The molecule has 0 N–H and O–H groups in total. The summed E-state index contributed by atoms with van der Waals surface area (Å²) in [6, 6.07) is 17.9. The van der Waals surface area contributed by atoms with E-state index in [-0.39, 0.29) is 11.8 Å². The van der Waals surface area contributed by atoms with E-state index in [1.165, 1.54) is 0 Å². The van der Waals surface area contributed by atoms with Gasteiger partial charge in [0.05, 0.1) is 12.5 Å². The summed E-state index contributed by atoms with van der Waals surface area (Å²) < 4.78 is 5.23. The molecule has 1 saturated heterocycles. The maximum absolute atomic E-state index is 13.9. The molecule has 29 heavy (non-hydrogen) atoms. The fourth-order valence-electron chi connectivity index (χ4n) is 4.17. The lowest BCUT2D eigenvalue weighted by Crippen LogP contribution is -2.53. The van der Waals surface area contributed by atoms with Gasteiger partial charge in [-0.25, -0.2) is 0 Å². The molecule has 1 aliphatic heterocycles. The topological polar surface area (TPSA) is 49.9 Å². The van der Waals surface area contributed by atoms with Gasteiger partial charge in [-0.2, -0.15) is 0 Å². The number of likely N-dealkylation sites (tertiary alicyclic amines) is 1. The summed E-state index contributed by atoms with van der Waals surface area (Å²) in [5, 5.41) is 0. The molecule has 0 bridgehead atoms. The zero-order valence-electron chi connectivity index (χ0n) is 17.6. The summed E-state index contributed by atoms with van der Waals surface area (Å²) in [6.45, 7) is 6.02. The molecule has 1 fully saturated rings. The van der Waals surface area contributed by atoms with Crippen LogP contribution in [0.1, 0.15) is 37.8 Å². The Balaban J connectivity index is 1.87. The van der Waals surface area contributed by atoms with Gasteiger partial charge in [0.15, 0.2) is 0 Å². The van der Waals surface area contributed by atoms with Gasteiger partial charge in [-0.05, 0) is 43.0 Å². The number of ether oxygens (including phenoxy) is 1. The second-order valence-electron chi connectivity index (χ2n) is 7.62. The first kappa shape index (κ1) is 20.9. The van der Waals surface area contributed by atoms with Crippen LogP contribution in [-0.2, 0) is 21.5 Å². The predicted octanol–water partition coefficient (Wildman–Crippen LogP) is 3.62. The van der Waals surface area contributed by atoms with E-state index >= 15 is 0 Å². The van der Waals surface area contributed by atoms with E-state index in [1.807, 2.05) is 71.3 Å².